The average Bonchev–Trinajstić information content (AvgIpc) is 2.79. The smallest absolute Gasteiger partial charge is 0.405 e. The summed E-state index contributed by atoms with van der Waals surface area (Å²) in [5.41, 5.74) is 0. The van der Waals surface area contributed by atoms with Crippen LogP contribution in [0.15, 0.2) is 45.9 Å². The molecule has 3 nitrogen and oxygen atoms in total. The molecule has 0 N–H and O–H groups in total. The van der Waals surface area contributed by atoms with E-state index in [0.29, 0.717) is 16.4 Å². The summed E-state index contributed by atoms with van der Waals surface area (Å²) < 4.78 is 45.3. The standard InChI is InChI=1S/C11H8F3NO2S/c12-11(13,14)16-9-3-1-2-4-10(9)18-7-8-5-6-15-17-8/h1-6H,7H2. The van der Waals surface area contributed by atoms with Crippen LogP contribution in [0, 0.1) is 0 Å². The van der Waals surface area contributed by atoms with Crippen molar-refractivity contribution in [3.05, 3.63) is 42.3 Å². The molecule has 0 bridgehead atoms. The predicted molar refractivity (Wildman–Crippen MR) is 59.2 cm³/mol. The zero-order valence-corrected chi connectivity index (χ0v) is 9.79. The van der Waals surface area contributed by atoms with Crippen LogP contribution in [0.5, 0.6) is 5.75 Å². The van der Waals surface area contributed by atoms with Crippen molar-refractivity contribution in [2.75, 3.05) is 0 Å². The van der Waals surface area contributed by atoms with Gasteiger partial charge < -0.3 is 9.26 Å². The Hall–Kier alpha value is -1.63. The van der Waals surface area contributed by atoms with Crippen molar-refractivity contribution in [3.63, 3.8) is 0 Å². The Balaban J connectivity index is 2.07. The highest BCUT2D eigenvalue weighted by Gasteiger charge is 2.32. The van der Waals surface area contributed by atoms with Gasteiger partial charge >= 0.3 is 6.36 Å². The topological polar surface area (TPSA) is 35.3 Å². The van der Waals surface area contributed by atoms with Crippen LogP contribution in [-0.4, -0.2) is 11.5 Å². The predicted octanol–water partition coefficient (Wildman–Crippen LogP) is 3.87. The first-order chi connectivity index (χ1) is 8.54. The second-order valence-electron chi connectivity index (χ2n) is 3.26. The van der Waals surface area contributed by atoms with Gasteiger partial charge in [-0.05, 0) is 12.1 Å². The van der Waals surface area contributed by atoms with Crippen LogP contribution in [-0.2, 0) is 5.75 Å². The van der Waals surface area contributed by atoms with Gasteiger partial charge in [-0.3, -0.25) is 0 Å². The summed E-state index contributed by atoms with van der Waals surface area (Å²) in [7, 11) is 0. The van der Waals surface area contributed by atoms with Gasteiger partial charge in [-0.15, -0.1) is 24.9 Å². The van der Waals surface area contributed by atoms with E-state index in [0.717, 1.165) is 0 Å². The molecule has 0 atom stereocenters. The van der Waals surface area contributed by atoms with E-state index in [4.69, 9.17) is 4.52 Å². The fraction of sp³-hybridized carbons (Fsp3) is 0.182. The van der Waals surface area contributed by atoms with E-state index in [1.807, 2.05) is 0 Å². The molecule has 1 heterocycles. The van der Waals surface area contributed by atoms with E-state index >= 15 is 0 Å². The van der Waals surface area contributed by atoms with Gasteiger partial charge in [-0.2, -0.15) is 0 Å². The van der Waals surface area contributed by atoms with Crippen molar-refractivity contribution in [1.82, 2.24) is 5.16 Å². The number of nitrogens with zero attached hydrogens (tertiary/aromatic N) is 1. The van der Waals surface area contributed by atoms with Gasteiger partial charge in [-0.1, -0.05) is 17.3 Å². The van der Waals surface area contributed by atoms with Crippen molar-refractivity contribution in [2.45, 2.75) is 17.0 Å². The number of aromatic nitrogens is 1. The van der Waals surface area contributed by atoms with Crippen LogP contribution < -0.4 is 4.74 Å². The monoisotopic (exact) mass is 275 g/mol. The number of hydrogen-bond donors (Lipinski definition) is 0. The first-order valence-corrected chi connectivity index (χ1v) is 5.90. The van der Waals surface area contributed by atoms with Crippen molar-refractivity contribution in [1.29, 1.82) is 0 Å². The molecule has 0 radical (unpaired) electrons. The summed E-state index contributed by atoms with van der Waals surface area (Å²) in [6.45, 7) is 0. The van der Waals surface area contributed by atoms with Crippen LogP contribution in [0.4, 0.5) is 13.2 Å². The molecular weight excluding hydrogens is 267 g/mol. The molecule has 1 aromatic carbocycles. The summed E-state index contributed by atoms with van der Waals surface area (Å²) in [5.74, 6) is 0.759. The number of benzene rings is 1. The van der Waals surface area contributed by atoms with Crippen LogP contribution in [0.3, 0.4) is 0 Å². The SMILES string of the molecule is FC(F)(F)Oc1ccccc1SCc1ccno1. The first-order valence-electron chi connectivity index (χ1n) is 4.92. The molecular formula is C11H8F3NO2S. The van der Waals surface area contributed by atoms with Crippen LogP contribution >= 0.6 is 11.8 Å². The molecule has 0 unspecified atom stereocenters. The Morgan fingerprint density at radius 1 is 1.22 bits per heavy atom. The molecule has 0 aliphatic rings. The molecule has 96 valence electrons. The maximum absolute atomic E-state index is 12.2. The second-order valence-corrected chi connectivity index (χ2v) is 4.28. The first kappa shape index (κ1) is 12.8. The number of halogens is 3. The normalized spacial score (nSPS) is 11.5. The van der Waals surface area contributed by atoms with Gasteiger partial charge in [0.2, 0.25) is 0 Å². The van der Waals surface area contributed by atoms with Crippen LogP contribution in [0.1, 0.15) is 5.76 Å². The molecule has 0 fully saturated rings. The molecule has 2 aromatic rings. The maximum atomic E-state index is 12.2. The third-order valence-corrected chi connectivity index (χ3v) is 3.01. The molecule has 18 heavy (non-hydrogen) atoms. The minimum Gasteiger partial charge on any atom is -0.405 e. The fourth-order valence-electron chi connectivity index (χ4n) is 1.24. The molecule has 0 spiro atoms. The van der Waals surface area contributed by atoms with Crippen molar-refractivity contribution < 1.29 is 22.4 Å². The van der Waals surface area contributed by atoms with E-state index in [1.165, 1.54) is 30.1 Å². The van der Waals surface area contributed by atoms with E-state index in [-0.39, 0.29) is 5.75 Å². The van der Waals surface area contributed by atoms with Crippen LogP contribution in [0.2, 0.25) is 0 Å². The van der Waals surface area contributed by atoms with Gasteiger partial charge in [0.1, 0.15) is 11.5 Å². The van der Waals surface area contributed by atoms with E-state index in [1.54, 1.807) is 18.2 Å². The largest absolute Gasteiger partial charge is 0.573 e. The summed E-state index contributed by atoms with van der Waals surface area (Å²) in [4.78, 5) is 0.395. The highest BCUT2D eigenvalue weighted by molar-refractivity contribution is 7.98. The maximum Gasteiger partial charge on any atom is 0.573 e. The lowest BCUT2D eigenvalue weighted by Gasteiger charge is -2.12. The summed E-state index contributed by atoms with van der Waals surface area (Å²) in [5, 5.41) is 3.52. The Morgan fingerprint density at radius 3 is 2.67 bits per heavy atom. The highest BCUT2D eigenvalue weighted by atomic mass is 32.2. The molecule has 0 amide bonds. The number of thioether (sulfide) groups is 1. The molecule has 7 heteroatoms. The van der Waals surface area contributed by atoms with Crippen molar-refractivity contribution in [3.8, 4) is 5.75 Å². The minimum atomic E-state index is -4.69. The summed E-state index contributed by atoms with van der Waals surface area (Å²) >= 11 is 1.19. The Labute approximate surface area is 105 Å². The van der Waals surface area contributed by atoms with Gasteiger partial charge in [0, 0.05) is 6.07 Å². The average molecular weight is 275 g/mol. The molecule has 2 rings (SSSR count). The Kier molecular flexibility index (Phi) is 3.81. The minimum absolute atomic E-state index is 0.213. The highest BCUT2D eigenvalue weighted by Crippen LogP contribution is 2.34. The van der Waals surface area contributed by atoms with E-state index < -0.39 is 6.36 Å². The fourth-order valence-corrected chi connectivity index (χ4v) is 2.12. The third kappa shape index (κ3) is 3.69. The van der Waals surface area contributed by atoms with Gasteiger partial charge in [0.25, 0.3) is 0 Å². The lowest BCUT2D eigenvalue weighted by molar-refractivity contribution is -0.275. The summed E-state index contributed by atoms with van der Waals surface area (Å²) in [6.07, 6.45) is -3.21. The Bertz CT molecular complexity index is 499. The number of para-hydroxylation sites is 1. The molecule has 0 saturated carbocycles. The number of ether oxygens (including phenoxy) is 1. The second kappa shape index (κ2) is 5.34. The lowest BCUT2D eigenvalue weighted by atomic mass is 10.3. The molecule has 0 aliphatic carbocycles. The van der Waals surface area contributed by atoms with E-state index in [9.17, 15) is 13.2 Å². The number of rotatable bonds is 4. The third-order valence-electron chi connectivity index (χ3n) is 1.94. The lowest BCUT2D eigenvalue weighted by Crippen LogP contribution is -2.17. The number of alkyl halides is 3. The molecule has 0 aliphatic heterocycles. The zero-order chi connectivity index (χ0) is 13.0. The quantitative estimate of drug-likeness (QED) is 0.793. The summed E-state index contributed by atoms with van der Waals surface area (Å²) in [6, 6.07) is 7.62. The van der Waals surface area contributed by atoms with Crippen molar-refractivity contribution in [2.24, 2.45) is 0 Å². The van der Waals surface area contributed by atoms with E-state index in [2.05, 4.69) is 9.89 Å². The molecule has 0 saturated heterocycles. The molecule has 1 aromatic heterocycles. The Morgan fingerprint density at radius 2 is 2.00 bits per heavy atom. The van der Waals surface area contributed by atoms with Crippen LogP contribution in [0.25, 0.3) is 0 Å². The van der Waals surface area contributed by atoms with Gasteiger partial charge in [0.15, 0.2) is 0 Å². The van der Waals surface area contributed by atoms with Gasteiger partial charge in [0.05, 0.1) is 16.8 Å². The number of hydrogen-bond acceptors (Lipinski definition) is 4. The zero-order valence-electron chi connectivity index (χ0n) is 8.98. The van der Waals surface area contributed by atoms with Gasteiger partial charge in [-0.25, -0.2) is 0 Å². The van der Waals surface area contributed by atoms with Crippen molar-refractivity contribution >= 4 is 11.8 Å².